The molecule has 3 heterocycles. The van der Waals surface area contributed by atoms with E-state index in [1.54, 1.807) is 12.4 Å². The number of nitrogens with two attached hydrogens (primary N) is 1. The molecule has 0 bridgehead atoms. The zero-order valence-electron chi connectivity index (χ0n) is 31.6. The molecule has 5 rings (SSSR count). The SMILES string of the molecule is CCC(CC)OC(=O)OC(OC(=O)CC[C@@H]1N=C(c2ccccn2)c2cc(Cl)c(C)cc2-n2c(C)cnc21)C1CC(F)C(CC)C1.N[C@@H](CC(=O)O)C(=O)O. The number of aromatic nitrogens is 3. The van der Waals surface area contributed by atoms with E-state index in [1.807, 2.05) is 69.5 Å². The van der Waals surface area contributed by atoms with Gasteiger partial charge in [0.1, 0.15) is 30.2 Å². The number of rotatable bonds is 14. The number of nitrogens with zero attached hydrogens (tertiary/aromatic N) is 4. The smallest absolute Gasteiger partial charge is 0.481 e. The zero-order chi connectivity index (χ0) is 40.4. The van der Waals surface area contributed by atoms with Crippen LogP contribution in [-0.2, 0) is 28.6 Å². The van der Waals surface area contributed by atoms with Crippen LogP contribution in [0.15, 0.2) is 47.7 Å². The van der Waals surface area contributed by atoms with E-state index in [2.05, 4.69) is 4.98 Å². The van der Waals surface area contributed by atoms with Crippen LogP contribution in [0.25, 0.3) is 5.69 Å². The molecule has 0 radical (unpaired) electrons. The third-order valence-electron chi connectivity index (χ3n) is 9.75. The van der Waals surface area contributed by atoms with Crippen molar-refractivity contribution in [3.63, 3.8) is 0 Å². The highest BCUT2D eigenvalue weighted by atomic mass is 35.5. The number of pyridine rings is 1. The maximum absolute atomic E-state index is 14.8. The van der Waals surface area contributed by atoms with Gasteiger partial charge in [-0.15, -0.1) is 0 Å². The third kappa shape index (κ3) is 11.1. The number of aryl methyl sites for hydroxylation is 2. The topological polar surface area (TPSA) is 206 Å². The molecule has 3 aromatic rings. The molecular formula is C39H49ClFN5O9. The Labute approximate surface area is 324 Å². The second kappa shape index (κ2) is 19.6. The summed E-state index contributed by atoms with van der Waals surface area (Å²) in [5.74, 6) is -3.06. The van der Waals surface area contributed by atoms with Gasteiger partial charge in [0.2, 0.25) is 0 Å². The number of hydrogen-bond acceptors (Lipinski definition) is 11. The fourth-order valence-corrected chi connectivity index (χ4v) is 6.80. The molecule has 1 aliphatic heterocycles. The molecule has 298 valence electrons. The number of hydrogen-bond donors (Lipinski definition) is 3. The second-order valence-corrected chi connectivity index (χ2v) is 14.1. The van der Waals surface area contributed by atoms with Gasteiger partial charge in [-0.05, 0) is 81.7 Å². The van der Waals surface area contributed by atoms with Gasteiger partial charge in [0.25, 0.3) is 6.29 Å². The van der Waals surface area contributed by atoms with E-state index in [9.17, 15) is 23.6 Å². The van der Waals surface area contributed by atoms with Gasteiger partial charge in [0.15, 0.2) is 0 Å². The minimum atomic E-state index is -1.29. The van der Waals surface area contributed by atoms with Crippen LogP contribution in [0.5, 0.6) is 0 Å². The Bertz CT molecular complexity index is 1850. The molecule has 0 spiro atoms. The monoisotopic (exact) mass is 785 g/mol. The number of ether oxygens (including phenoxy) is 3. The first-order chi connectivity index (χ1) is 26.2. The van der Waals surface area contributed by atoms with Crippen molar-refractivity contribution in [3.05, 3.63) is 76.1 Å². The number of benzene rings is 1. The van der Waals surface area contributed by atoms with Crippen molar-refractivity contribution in [2.24, 2.45) is 22.6 Å². The minimum Gasteiger partial charge on any atom is -0.481 e. The highest BCUT2D eigenvalue weighted by molar-refractivity contribution is 6.32. The number of carbonyl (C=O) groups is 4. The molecule has 2 aromatic heterocycles. The van der Waals surface area contributed by atoms with Crippen LogP contribution in [0.3, 0.4) is 0 Å². The van der Waals surface area contributed by atoms with Gasteiger partial charge < -0.3 is 30.2 Å². The van der Waals surface area contributed by atoms with E-state index in [1.165, 1.54) is 0 Å². The molecule has 14 nitrogen and oxygen atoms in total. The number of carboxylic acid groups (broad SMARTS) is 2. The molecular weight excluding hydrogens is 737 g/mol. The van der Waals surface area contributed by atoms with Gasteiger partial charge in [-0.3, -0.25) is 28.9 Å². The molecule has 16 heteroatoms. The lowest BCUT2D eigenvalue weighted by Gasteiger charge is -2.24. The van der Waals surface area contributed by atoms with Crippen LogP contribution < -0.4 is 5.73 Å². The number of halogens is 2. The molecule has 1 aromatic carbocycles. The summed E-state index contributed by atoms with van der Waals surface area (Å²) in [6.07, 6.45) is 2.11. The van der Waals surface area contributed by atoms with Crippen molar-refractivity contribution in [2.45, 2.75) is 117 Å². The Morgan fingerprint density at radius 1 is 1.04 bits per heavy atom. The van der Waals surface area contributed by atoms with Gasteiger partial charge in [-0.1, -0.05) is 44.9 Å². The Hall–Kier alpha value is -4.89. The Morgan fingerprint density at radius 2 is 1.76 bits per heavy atom. The number of aliphatic imine (C=N–C) groups is 1. The highest BCUT2D eigenvalue weighted by Crippen LogP contribution is 2.40. The molecule has 1 fully saturated rings. The molecule has 2 aliphatic rings. The van der Waals surface area contributed by atoms with Crippen LogP contribution in [0.2, 0.25) is 5.02 Å². The largest absolute Gasteiger partial charge is 0.511 e. The number of imidazole rings is 1. The first-order valence-electron chi connectivity index (χ1n) is 18.4. The summed E-state index contributed by atoms with van der Waals surface area (Å²) in [5.41, 5.74) is 9.62. The summed E-state index contributed by atoms with van der Waals surface area (Å²) in [7, 11) is 0. The fraction of sp³-hybridized carbons (Fsp3) is 0.513. The number of fused-ring (bicyclic) bond motifs is 3. The summed E-state index contributed by atoms with van der Waals surface area (Å²) in [4.78, 5) is 60.1. The van der Waals surface area contributed by atoms with Crippen molar-refractivity contribution in [1.29, 1.82) is 0 Å². The Morgan fingerprint density at radius 3 is 2.35 bits per heavy atom. The van der Waals surface area contributed by atoms with Gasteiger partial charge in [0.05, 0.1) is 23.5 Å². The van der Waals surface area contributed by atoms with Gasteiger partial charge >= 0.3 is 24.1 Å². The molecule has 1 aliphatic carbocycles. The average Bonchev–Trinajstić information content (AvgIpc) is 3.69. The number of carboxylic acids is 2. The lowest BCUT2D eigenvalue weighted by Crippen LogP contribution is -2.32. The quantitative estimate of drug-likeness (QED) is 0.111. The van der Waals surface area contributed by atoms with Crippen molar-refractivity contribution in [2.75, 3.05) is 0 Å². The van der Waals surface area contributed by atoms with Crippen LogP contribution in [0.4, 0.5) is 9.18 Å². The predicted octanol–water partition coefficient (Wildman–Crippen LogP) is 7.07. The summed E-state index contributed by atoms with van der Waals surface area (Å²) in [6.45, 7) is 9.65. The van der Waals surface area contributed by atoms with Gasteiger partial charge in [-0.2, -0.15) is 0 Å². The summed E-state index contributed by atoms with van der Waals surface area (Å²) in [5, 5.41) is 16.6. The van der Waals surface area contributed by atoms with Gasteiger partial charge in [0, 0.05) is 41.0 Å². The molecule has 4 unspecified atom stereocenters. The maximum Gasteiger partial charge on any atom is 0.511 e. The lowest BCUT2D eigenvalue weighted by molar-refractivity contribution is -0.183. The maximum atomic E-state index is 14.8. The molecule has 0 saturated heterocycles. The fourth-order valence-electron chi connectivity index (χ4n) is 6.64. The van der Waals surface area contributed by atoms with Crippen LogP contribution in [0.1, 0.15) is 107 Å². The number of esters is 1. The molecule has 1 saturated carbocycles. The molecule has 4 N–H and O–H groups in total. The number of alkyl halides is 1. The lowest BCUT2D eigenvalue weighted by atomic mass is 10.0. The first kappa shape index (κ1) is 42.8. The number of aliphatic carboxylic acids is 2. The predicted molar refractivity (Wildman–Crippen MR) is 201 cm³/mol. The van der Waals surface area contributed by atoms with E-state index in [-0.39, 0.29) is 31.3 Å². The van der Waals surface area contributed by atoms with Crippen LogP contribution in [0, 0.1) is 25.7 Å². The van der Waals surface area contributed by atoms with E-state index in [0.717, 1.165) is 22.5 Å². The number of carbonyl (C=O) groups excluding carboxylic acids is 2. The van der Waals surface area contributed by atoms with E-state index in [4.69, 9.17) is 51.7 Å². The summed E-state index contributed by atoms with van der Waals surface area (Å²) < 4.78 is 33.6. The Kier molecular flexibility index (Phi) is 15.3. The van der Waals surface area contributed by atoms with Crippen LogP contribution >= 0.6 is 11.6 Å². The zero-order valence-corrected chi connectivity index (χ0v) is 32.4. The van der Waals surface area contributed by atoms with E-state index >= 15 is 0 Å². The van der Waals surface area contributed by atoms with Crippen molar-refractivity contribution in [1.82, 2.24) is 14.5 Å². The standard InChI is InChI=1S/C35H42ClFN4O5.C4H7NO4/c1-6-22-16-23(17-27(22)37)34(46-35(43)44-24(7-2)8-3)45-31(42)13-12-29-33-39-19-21(5)41(33)30-15-20(4)26(36)18-25(30)32(40-29)28-11-9-10-14-38-28;5-2(4(8)9)1-3(6)7/h9-11,14-15,18-19,22-24,27,29,34H,6-8,12-13,16-17H2,1-5H3;2H,1,5H2,(H,6,7)(H,8,9)/t22?,23?,27?,29-,34?;2-/m00/s1. The third-order valence-corrected chi connectivity index (χ3v) is 10.2. The van der Waals surface area contributed by atoms with Gasteiger partial charge in [-0.25, -0.2) is 14.2 Å². The summed E-state index contributed by atoms with van der Waals surface area (Å²) >= 11 is 6.61. The van der Waals surface area contributed by atoms with E-state index < -0.39 is 60.9 Å². The van der Waals surface area contributed by atoms with Crippen molar-refractivity contribution >= 4 is 41.4 Å². The molecule has 55 heavy (non-hydrogen) atoms. The minimum absolute atomic E-state index is 0.0455. The first-order valence-corrected chi connectivity index (χ1v) is 18.8. The van der Waals surface area contributed by atoms with Crippen LogP contribution in [-0.4, -0.2) is 79.1 Å². The highest BCUT2D eigenvalue weighted by Gasteiger charge is 2.41. The van der Waals surface area contributed by atoms with Crippen molar-refractivity contribution in [3.8, 4) is 5.69 Å². The second-order valence-electron chi connectivity index (χ2n) is 13.7. The molecule has 0 amide bonds. The normalized spacial score (nSPS) is 19.8. The Balaban J connectivity index is 0.000000665. The van der Waals surface area contributed by atoms with E-state index in [0.29, 0.717) is 47.9 Å². The average molecular weight is 786 g/mol. The summed E-state index contributed by atoms with van der Waals surface area (Å²) in [6, 6.07) is 7.70. The molecule has 6 atom stereocenters. The van der Waals surface area contributed by atoms with Crippen molar-refractivity contribution < 1.29 is 48.0 Å².